The van der Waals surface area contributed by atoms with Gasteiger partial charge in [-0.05, 0) is 55.0 Å². The van der Waals surface area contributed by atoms with Crippen LogP contribution in [-0.2, 0) is 4.79 Å². The minimum Gasteiger partial charge on any atom is -0.493 e. The zero-order valence-electron chi connectivity index (χ0n) is 20.1. The molecular formula is C27H24N4O5S. The van der Waals surface area contributed by atoms with E-state index in [4.69, 9.17) is 14.6 Å². The lowest BCUT2D eigenvalue weighted by atomic mass is 10.1. The number of anilines is 2. The number of thiazole rings is 1. The van der Waals surface area contributed by atoms with E-state index < -0.39 is 12.6 Å². The number of amides is 1. The summed E-state index contributed by atoms with van der Waals surface area (Å²) in [5.74, 6) is -0.804. The molecule has 3 N–H and O–H groups in total. The zero-order chi connectivity index (χ0) is 26.2. The van der Waals surface area contributed by atoms with Crippen molar-refractivity contribution in [3.8, 4) is 22.8 Å². The first kappa shape index (κ1) is 25.4. The van der Waals surface area contributed by atoms with E-state index in [1.165, 1.54) is 30.2 Å². The summed E-state index contributed by atoms with van der Waals surface area (Å²) in [4.78, 5) is 27.8. The molecule has 10 heteroatoms. The van der Waals surface area contributed by atoms with Crippen LogP contribution in [0.1, 0.15) is 21.5 Å². The molecule has 0 spiro atoms. The predicted molar refractivity (Wildman–Crippen MR) is 143 cm³/mol. The molecular weight excluding hydrogens is 492 g/mol. The van der Waals surface area contributed by atoms with Gasteiger partial charge in [0.1, 0.15) is 0 Å². The number of aromatic nitrogens is 1. The molecule has 37 heavy (non-hydrogen) atoms. The fraction of sp³-hybridized carbons (Fsp3) is 0.111. The summed E-state index contributed by atoms with van der Waals surface area (Å²) >= 11 is 1.51. The number of aliphatic carboxylic acids is 1. The first-order chi connectivity index (χ1) is 17.9. The Morgan fingerprint density at radius 1 is 1.05 bits per heavy atom. The van der Waals surface area contributed by atoms with Gasteiger partial charge >= 0.3 is 5.97 Å². The summed E-state index contributed by atoms with van der Waals surface area (Å²) in [5.41, 5.74) is 7.45. The number of ether oxygens (including phenoxy) is 2. The molecule has 0 radical (unpaired) electrons. The molecule has 0 aliphatic heterocycles. The number of benzene rings is 3. The summed E-state index contributed by atoms with van der Waals surface area (Å²) in [7, 11) is 1.45. The summed E-state index contributed by atoms with van der Waals surface area (Å²) in [6.45, 7) is 1.56. The Morgan fingerprint density at radius 2 is 1.81 bits per heavy atom. The largest absolute Gasteiger partial charge is 0.493 e. The summed E-state index contributed by atoms with van der Waals surface area (Å²) in [6, 6.07) is 20.1. The van der Waals surface area contributed by atoms with Crippen LogP contribution >= 0.6 is 11.3 Å². The Labute approximate surface area is 217 Å². The summed E-state index contributed by atoms with van der Waals surface area (Å²) in [6.07, 6.45) is 1.45. The van der Waals surface area contributed by atoms with Gasteiger partial charge < -0.3 is 19.9 Å². The Bertz CT molecular complexity index is 1420. The van der Waals surface area contributed by atoms with Crippen molar-refractivity contribution < 1.29 is 24.2 Å². The van der Waals surface area contributed by atoms with Crippen LogP contribution in [0.3, 0.4) is 0 Å². The van der Waals surface area contributed by atoms with Crippen molar-refractivity contribution >= 4 is 40.2 Å². The van der Waals surface area contributed by atoms with Crippen LogP contribution in [0.25, 0.3) is 11.3 Å². The monoisotopic (exact) mass is 516 g/mol. The number of hydrogen-bond donors (Lipinski definition) is 3. The maximum absolute atomic E-state index is 12.5. The number of nitrogens with zero attached hydrogens (tertiary/aromatic N) is 2. The molecule has 0 fully saturated rings. The highest BCUT2D eigenvalue weighted by Crippen LogP contribution is 2.28. The Hall–Kier alpha value is -4.70. The highest BCUT2D eigenvalue weighted by molar-refractivity contribution is 7.14. The molecule has 0 aliphatic rings. The maximum Gasteiger partial charge on any atom is 0.341 e. The number of rotatable bonds is 10. The SMILES string of the molecule is COc1cc(/C=N\NC(=O)c2ccc(-c3csc(Nc4ccc(C)cc4)n3)cc2)ccc1OCC(=O)O. The Balaban J connectivity index is 1.34. The number of hydrogen-bond acceptors (Lipinski definition) is 8. The van der Waals surface area contributed by atoms with Gasteiger partial charge in [-0.1, -0.05) is 29.8 Å². The van der Waals surface area contributed by atoms with Crippen molar-refractivity contribution in [1.82, 2.24) is 10.4 Å². The predicted octanol–water partition coefficient (Wildman–Crippen LogP) is 5.10. The minimum absolute atomic E-state index is 0.296. The van der Waals surface area contributed by atoms with E-state index in [2.05, 4.69) is 20.8 Å². The molecule has 0 atom stereocenters. The number of hydrazone groups is 1. The fourth-order valence-corrected chi connectivity index (χ4v) is 4.01. The highest BCUT2D eigenvalue weighted by Gasteiger charge is 2.09. The molecule has 0 saturated carbocycles. The molecule has 9 nitrogen and oxygen atoms in total. The van der Waals surface area contributed by atoms with E-state index in [1.807, 2.05) is 48.7 Å². The average Bonchev–Trinajstić information content (AvgIpc) is 3.37. The lowest BCUT2D eigenvalue weighted by Crippen LogP contribution is -2.17. The van der Waals surface area contributed by atoms with Gasteiger partial charge in [-0.15, -0.1) is 11.3 Å². The maximum atomic E-state index is 12.5. The van der Waals surface area contributed by atoms with Gasteiger partial charge in [0.15, 0.2) is 23.2 Å². The highest BCUT2D eigenvalue weighted by atomic mass is 32.1. The molecule has 1 heterocycles. The minimum atomic E-state index is -1.09. The van der Waals surface area contributed by atoms with Gasteiger partial charge in [-0.25, -0.2) is 15.2 Å². The van der Waals surface area contributed by atoms with Crippen molar-refractivity contribution in [3.63, 3.8) is 0 Å². The van der Waals surface area contributed by atoms with Gasteiger partial charge in [-0.2, -0.15) is 5.10 Å². The number of nitrogens with one attached hydrogen (secondary N) is 2. The van der Waals surface area contributed by atoms with Crippen LogP contribution in [-0.4, -0.2) is 41.9 Å². The molecule has 1 aromatic heterocycles. The van der Waals surface area contributed by atoms with Crippen molar-refractivity contribution in [1.29, 1.82) is 0 Å². The number of methoxy groups -OCH3 is 1. The average molecular weight is 517 g/mol. The Kier molecular flexibility index (Phi) is 8.11. The third kappa shape index (κ3) is 6.92. The van der Waals surface area contributed by atoms with Crippen molar-refractivity contribution in [3.05, 3.63) is 88.8 Å². The number of carboxylic acids is 1. The lowest BCUT2D eigenvalue weighted by Gasteiger charge is -2.09. The van der Waals surface area contributed by atoms with Crippen LogP contribution in [0.15, 0.2) is 77.2 Å². The zero-order valence-corrected chi connectivity index (χ0v) is 20.9. The van der Waals surface area contributed by atoms with E-state index in [9.17, 15) is 9.59 Å². The second-order valence-electron chi connectivity index (χ2n) is 7.90. The lowest BCUT2D eigenvalue weighted by molar-refractivity contribution is -0.139. The van der Waals surface area contributed by atoms with E-state index >= 15 is 0 Å². The van der Waals surface area contributed by atoms with Gasteiger partial charge in [0, 0.05) is 22.2 Å². The van der Waals surface area contributed by atoms with Crippen LogP contribution < -0.4 is 20.2 Å². The fourth-order valence-electron chi connectivity index (χ4n) is 3.27. The van der Waals surface area contributed by atoms with Crippen LogP contribution in [0, 0.1) is 6.92 Å². The number of carboxylic acid groups (broad SMARTS) is 1. The van der Waals surface area contributed by atoms with Gasteiger partial charge in [-0.3, -0.25) is 4.79 Å². The van der Waals surface area contributed by atoms with E-state index in [1.54, 1.807) is 30.3 Å². The van der Waals surface area contributed by atoms with Gasteiger partial charge in [0.25, 0.3) is 5.91 Å². The first-order valence-electron chi connectivity index (χ1n) is 11.2. The molecule has 0 unspecified atom stereocenters. The van der Waals surface area contributed by atoms with Crippen molar-refractivity contribution in [2.24, 2.45) is 5.10 Å². The van der Waals surface area contributed by atoms with E-state index in [0.717, 1.165) is 22.1 Å². The van der Waals surface area contributed by atoms with Crippen molar-refractivity contribution in [2.45, 2.75) is 6.92 Å². The molecule has 3 aromatic carbocycles. The normalized spacial score (nSPS) is 10.8. The van der Waals surface area contributed by atoms with Crippen molar-refractivity contribution in [2.75, 3.05) is 19.0 Å². The molecule has 4 rings (SSSR count). The summed E-state index contributed by atoms with van der Waals surface area (Å²) < 4.78 is 10.4. The first-order valence-corrected chi connectivity index (χ1v) is 12.0. The van der Waals surface area contributed by atoms with Crippen LogP contribution in [0.4, 0.5) is 10.8 Å². The second kappa shape index (κ2) is 11.8. The van der Waals surface area contributed by atoms with Gasteiger partial charge in [0.05, 0.1) is 19.0 Å². The standard InChI is InChI=1S/C27H24N4O5S/c1-17-3-10-21(11-4-17)29-27-30-22(16-37-27)19-6-8-20(9-7-19)26(34)31-28-14-18-5-12-23(24(13-18)35-2)36-15-25(32)33/h3-14,16H,15H2,1-2H3,(H,29,30)(H,31,34)(H,32,33)/b28-14-. The Morgan fingerprint density at radius 3 is 2.51 bits per heavy atom. The quantitative estimate of drug-likeness (QED) is 0.198. The summed E-state index contributed by atoms with van der Waals surface area (Å²) in [5, 5.41) is 18.8. The molecule has 1 amide bonds. The number of aryl methyl sites for hydroxylation is 1. The molecule has 0 saturated heterocycles. The molecule has 0 bridgehead atoms. The molecule has 188 valence electrons. The number of carbonyl (C=O) groups excluding carboxylic acids is 1. The third-order valence-corrected chi connectivity index (χ3v) is 5.93. The number of carbonyl (C=O) groups is 2. The smallest absolute Gasteiger partial charge is 0.341 e. The third-order valence-electron chi connectivity index (χ3n) is 5.17. The van der Waals surface area contributed by atoms with E-state index in [-0.39, 0.29) is 5.91 Å². The van der Waals surface area contributed by atoms with E-state index in [0.29, 0.717) is 22.6 Å². The van der Waals surface area contributed by atoms with Crippen LogP contribution in [0.2, 0.25) is 0 Å². The molecule has 4 aromatic rings. The van der Waals surface area contributed by atoms with Crippen LogP contribution in [0.5, 0.6) is 11.5 Å². The molecule has 0 aliphatic carbocycles. The topological polar surface area (TPSA) is 122 Å². The second-order valence-corrected chi connectivity index (χ2v) is 8.76. The van der Waals surface area contributed by atoms with Gasteiger partial charge in [0.2, 0.25) is 0 Å².